The molecule has 0 aliphatic heterocycles. The van der Waals surface area contributed by atoms with Gasteiger partial charge in [0.15, 0.2) is 5.82 Å². The van der Waals surface area contributed by atoms with E-state index < -0.39 is 4.92 Å². The van der Waals surface area contributed by atoms with E-state index in [1.54, 1.807) is 54.2 Å². The van der Waals surface area contributed by atoms with Crippen molar-refractivity contribution < 1.29 is 14.9 Å². The fourth-order valence-corrected chi connectivity index (χ4v) is 2.95. The lowest BCUT2D eigenvalue weighted by molar-refractivity contribution is -0.384. The van der Waals surface area contributed by atoms with Crippen LogP contribution in [0.25, 0.3) is 22.4 Å². The first-order chi connectivity index (χ1) is 13.4. The minimum absolute atomic E-state index is 0.131. The molecule has 2 aromatic heterocycles. The van der Waals surface area contributed by atoms with Crippen molar-refractivity contribution in [3.63, 3.8) is 0 Å². The van der Waals surface area contributed by atoms with Crippen LogP contribution in [-0.2, 0) is 7.05 Å². The van der Waals surface area contributed by atoms with Gasteiger partial charge in [0.05, 0.1) is 10.4 Å². The molecule has 2 aromatic carbocycles. The molecule has 0 aliphatic rings. The number of carbonyl (C=O) groups excluding carboxylic acids is 1. The molecular formula is C19H15N5O4. The van der Waals surface area contributed by atoms with Crippen LogP contribution >= 0.6 is 0 Å². The Kier molecular flexibility index (Phi) is 4.04. The summed E-state index contributed by atoms with van der Waals surface area (Å²) in [5.74, 6) is 0.0118. The van der Waals surface area contributed by atoms with Crippen LogP contribution in [0.5, 0.6) is 0 Å². The average Bonchev–Trinajstić information content (AvgIpc) is 3.25. The summed E-state index contributed by atoms with van der Waals surface area (Å²) in [5.41, 5.74) is 2.26. The lowest BCUT2D eigenvalue weighted by atomic mass is 10.2. The summed E-state index contributed by atoms with van der Waals surface area (Å²) in [5, 5.41) is 24.1. The number of benzene rings is 2. The van der Waals surface area contributed by atoms with Crippen molar-refractivity contribution >= 4 is 28.3 Å². The fraction of sp³-hybridized carbons (Fsp3) is 0.0526. The zero-order chi connectivity index (χ0) is 19.8. The molecule has 1 amide bonds. The van der Waals surface area contributed by atoms with E-state index in [1.165, 1.54) is 18.2 Å². The number of imidazole rings is 1. The molecule has 0 spiro atoms. The molecular weight excluding hydrogens is 362 g/mol. The van der Waals surface area contributed by atoms with Crippen LogP contribution in [0.1, 0.15) is 10.5 Å². The topological polar surface area (TPSA) is 115 Å². The normalized spacial score (nSPS) is 10.9. The summed E-state index contributed by atoms with van der Waals surface area (Å²) in [4.78, 5) is 27.0. The van der Waals surface area contributed by atoms with Gasteiger partial charge in [0, 0.05) is 36.6 Å². The van der Waals surface area contributed by atoms with Crippen molar-refractivity contribution in [3.05, 3.63) is 76.6 Å². The third-order valence-corrected chi connectivity index (χ3v) is 4.40. The number of nitro groups is 1. The summed E-state index contributed by atoms with van der Waals surface area (Å²) in [7, 11) is 1.79. The molecule has 0 aliphatic carbocycles. The zero-order valence-corrected chi connectivity index (χ0v) is 14.7. The van der Waals surface area contributed by atoms with Gasteiger partial charge in [-0.15, -0.1) is 0 Å². The van der Waals surface area contributed by atoms with Gasteiger partial charge in [-0.1, -0.05) is 0 Å². The lowest BCUT2D eigenvalue weighted by Gasteiger charge is -2.07. The predicted molar refractivity (Wildman–Crippen MR) is 102 cm³/mol. The third-order valence-electron chi connectivity index (χ3n) is 4.40. The highest BCUT2D eigenvalue weighted by atomic mass is 16.6. The smallest absolute Gasteiger partial charge is 0.272 e. The van der Waals surface area contributed by atoms with Crippen LogP contribution in [-0.4, -0.2) is 30.3 Å². The number of hydrogen-bond donors (Lipinski definition) is 2. The molecule has 2 heterocycles. The van der Waals surface area contributed by atoms with Crippen LogP contribution in [0.3, 0.4) is 0 Å². The first kappa shape index (κ1) is 17.3. The number of amides is 1. The number of aryl methyl sites for hydroxylation is 1. The average molecular weight is 377 g/mol. The Morgan fingerprint density at radius 3 is 2.57 bits per heavy atom. The fourth-order valence-electron chi connectivity index (χ4n) is 2.95. The Bertz CT molecular complexity index is 1210. The lowest BCUT2D eigenvalue weighted by Crippen LogP contribution is -2.15. The molecule has 9 heteroatoms. The van der Waals surface area contributed by atoms with Crippen LogP contribution < -0.4 is 5.32 Å². The van der Waals surface area contributed by atoms with Crippen LogP contribution in [0.2, 0.25) is 0 Å². The maximum atomic E-state index is 12.3. The quantitative estimate of drug-likeness (QED) is 0.321. The molecule has 4 aromatic rings. The highest BCUT2D eigenvalue weighted by molar-refractivity contribution is 6.03. The van der Waals surface area contributed by atoms with Crippen LogP contribution in [0, 0.1) is 10.1 Å². The van der Waals surface area contributed by atoms with Gasteiger partial charge in [-0.05, 0) is 42.5 Å². The summed E-state index contributed by atoms with van der Waals surface area (Å²) >= 11 is 0. The van der Waals surface area contributed by atoms with Gasteiger partial charge in [-0.2, -0.15) is 4.73 Å². The molecule has 0 saturated heterocycles. The van der Waals surface area contributed by atoms with E-state index in [4.69, 9.17) is 0 Å². The summed E-state index contributed by atoms with van der Waals surface area (Å²) in [6.07, 6.45) is 1.79. The largest absolute Gasteiger partial charge is 0.426 e. The van der Waals surface area contributed by atoms with Crippen LogP contribution in [0.15, 0.2) is 60.8 Å². The number of hydrogen-bond acceptors (Lipinski definition) is 5. The first-order valence-electron chi connectivity index (χ1n) is 8.33. The summed E-state index contributed by atoms with van der Waals surface area (Å²) in [6, 6.07) is 14.4. The maximum absolute atomic E-state index is 12.3. The Hall–Kier alpha value is -4.14. The standard InChI is InChI=1S/C19H15N5O4/c1-22-10-2-3-16(22)19(25)20-13-6-4-12(5-7-13)18-21-15-9-8-14(24(27)28)11-17(15)23(18)26/h2-11,26H,1H3,(H,20,25). The summed E-state index contributed by atoms with van der Waals surface area (Å²) in [6.45, 7) is 0. The van der Waals surface area contributed by atoms with Crippen molar-refractivity contribution in [1.29, 1.82) is 0 Å². The molecule has 4 rings (SSSR count). The minimum atomic E-state index is -0.531. The molecule has 0 bridgehead atoms. The number of rotatable bonds is 4. The first-order valence-corrected chi connectivity index (χ1v) is 8.33. The predicted octanol–water partition coefficient (Wildman–Crippen LogP) is 3.44. The van der Waals surface area contributed by atoms with E-state index >= 15 is 0 Å². The SMILES string of the molecule is Cn1cccc1C(=O)Nc1ccc(-c2nc3ccc([N+](=O)[O-])cc3n2O)cc1. The Morgan fingerprint density at radius 1 is 1.18 bits per heavy atom. The highest BCUT2D eigenvalue weighted by Gasteiger charge is 2.16. The number of carbonyl (C=O) groups is 1. The van der Waals surface area contributed by atoms with Gasteiger partial charge in [0.2, 0.25) is 0 Å². The second-order valence-electron chi connectivity index (χ2n) is 6.21. The number of nitrogens with zero attached hydrogens (tertiary/aromatic N) is 4. The second-order valence-corrected chi connectivity index (χ2v) is 6.21. The molecule has 0 fully saturated rings. The Labute approximate surface area is 158 Å². The third kappa shape index (κ3) is 2.94. The van der Waals surface area contributed by atoms with E-state index in [2.05, 4.69) is 10.3 Å². The maximum Gasteiger partial charge on any atom is 0.272 e. The van der Waals surface area contributed by atoms with Gasteiger partial charge >= 0.3 is 0 Å². The molecule has 0 saturated carbocycles. The van der Waals surface area contributed by atoms with Gasteiger partial charge in [-0.25, -0.2) is 4.98 Å². The molecule has 0 unspecified atom stereocenters. The number of anilines is 1. The minimum Gasteiger partial charge on any atom is -0.426 e. The highest BCUT2D eigenvalue weighted by Crippen LogP contribution is 2.27. The van der Waals surface area contributed by atoms with E-state index in [9.17, 15) is 20.1 Å². The van der Waals surface area contributed by atoms with Gasteiger partial charge in [0.1, 0.15) is 11.2 Å². The summed E-state index contributed by atoms with van der Waals surface area (Å²) < 4.78 is 2.54. The second kappa shape index (κ2) is 6.54. The molecule has 0 radical (unpaired) electrons. The molecule has 0 atom stereocenters. The Morgan fingerprint density at radius 2 is 1.93 bits per heavy atom. The molecule has 140 valence electrons. The van der Waals surface area contributed by atoms with Gasteiger partial charge < -0.3 is 15.1 Å². The van der Waals surface area contributed by atoms with E-state index in [-0.39, 0.29) is 22.9 Å². The van der Waals surface area contributed by atoms with Crippen molar-refractivity contribution in [3.8, 4) is 11.4 Å². The molecule has 9 nitrogen and oxygen atoms in total. The van der Waals surface area contributed by atoms with Crippen molar-refractivity contribution in [2.24, 2.45) is 7.05 Å². The van der Waals surface area contributed by atoms with E-state index in [1.807, 2.05) is 0 Å². The molecule has 28 heavy (non-hydrogen) atoms. The van der Waals surface area contributed by atoms with Crippen molar-refractivity contribution in [1.82, 2.24) is 14.3 Å². The van der Waals surface area contributed by atoms with E-state index in [0.717, 1.165) is 4.73 Å². The Balaban J connectivity index is 1.62. The van der Waals surface area contributed by atoms with E-state index in [0.29, 0.717) is 22.5 Å². The van der Waals surface area contributed by atoms with Crippen LogP contribution in [0.4, 0.5) is 11.4 Å². The zero-order valence-electron chi connectivity index (χ0n) is 14.7. The number of nitro benzene ring substituents is 1. The monoisotopic (exact) mass is 377 g/mol. The molecule has 2 N–H and O–H groups in total. The van der Waals surface area contributed by atoms with Crippen molar-refractivity contribution in [2.75, 3.05) is 5.32 Å². The number of nitrogens with one attached hydrogen (secondary N) is 1. The number of fused-ring (bicyclic) bond motifs is 1. The van der Waals surface area contributed by atoms with Gasteiger partial charge in [0.25, 0.3) is 11.6 Å². The van der Waals surface area contributed by atoms with Crippen molar-refractivity contribution in [2.45, 2.75) is 0 Å². The number of non-ortho nitro benzene ring substituents is 1. The van der Waals surface area contributed by atoms with Gasteiger partial charge in [-0.3, -0.25) is 14.9 Å². The number of aromatic nitrogens is 3.